The Hall–Kier alpha value is -2.24. The van der Waals surface area contributed by atoms with Crippen LogP contribution in [0.5, 0.6) is 11.5 Å². The molecule has 0 aliphatic rings. The molecule has 0 spiro atoms. The molecule has 0 heterocycles. The van der Waals surface area contributed by atoms with Crippen LogP contribution < -0.4 is 14.8 Å². The normalized spacial score (nSPS) is 11.6. The lowest BCUT2D eigenvalue weighted by Gasteiger charge is -2.15. The van der Waals surface area contributed by atoms with Crippen LogP contribution in [0.3, 0.4) is 0 Å². The van der Waals surface area contributed by atoms with Crippen LogP contribution in [-0.4, -0.2) is 37.2 Å². The van der Waals surface area contributed by atoms with Crippen molar-refractivity contribution in [2.24, 2.45) is 0 Å². The second kappa shape index (κ2) is 7.37. The molecule has 1 aromatic rings. The zero-order chi connectivity index (χ0) is 15.1. The molecule has 6 heteroatoms. The molecule has 0 saturated carbocycles. The van der Waals surface area contributed by atoms with E-state index in [4.69, 9.17) is 14.6 Å². The Morgan fingerprint density at radius 1 is 1.25 bits per heavy atom. The first-order valence-corrected chi connectivity index (χ1v) is 6.25. The van der Waals surface area contributed by atoms with E-state index in [1.807, 2.05) is 0 Å². The summed E-state index contributed by atoms with van der Waals surface area (Å²) in [5.41, 5.74) is 0.593. The summed E-state index contributed by atoms with van der Waals surface area (Å²) in [6, 6.07) is 4.31. The first kappa shape index (κ1) is 15.8. The molecular formula is C14H19NO5. The molecule has 1 amide bonds. The molecule has 0 saturated heterocycles. The van der Waals surface area contributed by atoms with Gasteiger partial charge in [-0.2, -0.15) is 0 Å². The molecule has 1 aromatic carbocycles. The first-order valence-electron chi connectivity index (χ1n) is 6.25. The minimum absolute atomic E-state index is 0.00301. The van der Waals surface area contributed by atoms with Crippen LogP contribution in [0.4, 0.5) is 0 Å². The molecule has 0 fully saturated rings. The third-order valence-corrected chi connectivity index (χ3v) is 2.91. The summed E-state index contributed by atoms with van der Waals surface area (Å²) in [6.45, 7) is 1.70. The molecule has 20 heavy (non-hydrogen) atoms. The molecular weight excluding hydrogens is 262 g/mol. The van der Waals surface area contributed by atoms with Crippen molar-refractivity contribution < 1.29 is 24.2 Å². The van der Waals surface area contributed by atoms with Gasteiger partial charge in [0.05, 0.1) is 20.6 Å². The second-order valence-corrected chi connectivity index (χ2v) is 4.18. The van der Waals surface area contributed by atoms with Crippen molar-refractivity contribution >= 4 is 11.9 Å². The number of hydrogen-bond acceptors (Lipinski definition) is 4. The number of carbonyl (C=O) groups is 2. The number of aliphatic carboxylic acids is 1. The molecule has 0 aliphatic carbocycles. The van der Waals surface area contributed by atoms with Crippen LogP contribution in [-0.2, 0) is 16.0 Å². The SMILES string of the molecule is CCC(NC(=O)Cc1c(OC)cccc1OC)C(=O)O. The van der Waals surface area contributed by atoms with E-state index in [1.54, 1.807) is 25.1 Å². The molecule has 2 N–H and O–H groups in total. The number of ether oxygens (including phenoxy) is 2. The van der Waals surface area contributed by atoms with Gasteiger partial charge in [-0.05, 0) is 18.6 Å². The van der Waals surface area contributed by atoms with Crippen LogP contribution in [0.25, 0.3) is 0 Å². The number of nitrogens with one attached hydrogen (secondary N) is 1. The summed E-state index contributed by atoms with van der Waals surface area (Å²) in [7, 11) is 3.00. The first-order chi connectivity index (χ1) is 9.53. The van der Waals surface area contributed by atoms with Gasteiger partial charge >= 0.3 is 5.97 Å². The number of methoxy groups -OCH3 is 2. The number of rotatable bonds is 7. The lowest BCUT2D eigenvalue weighted by Crippen LogP contribution is -2.41. The van der Waals surface area contributed by atoms with Gasteiger partial charge in [0, 0.05) is 5.56 Å². The molecule has 0 aromatic heterocycles. The summed E-state index contributed by atoms with van der Waals surface area (Å²) in [4.78, 5) is 22.8. The second-order valence-electron chi connectivity index (χ2n) is 4.18. The van der Waals surface area contributed by atoms with Crippen molar-refractivity contribution in [2.75, 3.05) is 14.2 Å². The fourth-order valence-corrected chi connectivity index (χ4v) is 1.85. The molecule has 0 bridgehead atoms. The summed E-state index contributed by atoms with van der Waals surface area (Å²) < 4.78 is 10.4. The fraction of sp³-hybridized carbons (Fsp3) is 0.429. The molecule has 1 rings (SSSR count). The van der Waals surface area contributed by atoms with Gasteiger partial charge in [0.1, 0.15) is 17.5 Å². The molecule has 6 nitrogen and oxygen atoms in total. The highest BCUT2D eigenvalue weighted by Gasteiger charge is 2.20. The number of carbonyl (C=O) groups excluding carboxylic acids is 1. The van der Waals surface area contributed by atoms with E-state index in [-0.39, 0.29) is 12.3 Å². The van der Waals surface area contributed by atoms with Crippen molar-refractivity contribution in [3.63, 3.8) is 0 Å². The van der Waals surface area contributed by atoms with Gasteiger partial charge in [0.15, 0.2) is 0 Å². The Labute approximate surface area is 117 Å². The molecule has 1 unspecified atom stereocenters. The molecule has 1 atom stereocenters. The highest BCUT2D eigenvalue weighted by Crippen LogP contribution is 2.28. The van der Waals surface area contributed by atoms with E-state index in [9.17, 15) is 9.59 Å². The van der Waals surface area contributed by atoms with Crippen molar-refractivity contribution in [1.82, 2.24) is 5.32 Å². The van der Waals surface area contributed by atoms with Gasteiger partial charge in [-0.25, -0.2) is 4.79 Å². The Morgan fingerprint density at radius 2 is 1.80 bits per heavy atom. The third kappa shape index (κ3) is 3.88. The third-order valence-electron chi connectivity index (χ3n) is 2.91. The topological polar surface area (TPSA) is 84.9 Å². The molecule has 0 radical (unpaired) electrons. The number of hydrogen-bond donors (Lipinski definition) is 2. The van der Waals surface area contributed by atoms with Crippen LogP contribution in [0.1, 0.15) is 18.9 Å². The van der Waals surface area contributed by atoms with E-state index in [0.29, 0.717) is 23.5 Å². The maximum atomic E-state index is 11.9. The maximum absolute atomic E-state index is 11.9. The lowest BCUT2D eigenvalue weighted by molar-refractivity contribution is -0.141. The summed E-state index contributed by atoms with van der Waals surface area (Å²) in [6.07, 6.45) is 0.321. The summed E-state index contributed by atoms with van der Waals surface area (Å²) >= 11 is 0. The van der Waals surface area contributed by atoms with Gasteiger partial charge in [-0.3, -0.25) is 4.79 Å². The zero-order valence-corrected chi connectivity index (χ0v) is 11.8. The molecule has 0 aliphatic heterocycles. The number of carboxylic acid groups (broad SMARTS) is 1. The lowest BCUT2D eigenvalue weighted by atomic mass is 10.1. The monoisotopic (exact) mass is 281 g/mol. The van der Waals surface area contributed by atoms with Gasteiger partial charge in [0.25, 0.3) is 0 Å². The van der Waals surface area contributed by atoms with Gasteiger partial charge < -0.3 is 19.9 Å². The highest BCUT2D eigenvalue weighted by molar-refractivity contribution is 5.85. The Bertz CT molecular complexity index is 464. The van der Waals surface area contributed by atoms with Crippen LogP contribution in [0.15, 0.2) is 18.2 Å². The van der Waals surface area contributed by atoms with E-state index in [2.05, 4.69) is 5.32 Å². The van der Waals surface area contributed by atoms with Crippen molar-refractivity contribution in [1.29, 1.82) is 0 Å². The minimum Gasteiger partial charge on any atom is -0.496 e. The molecule has 110 valence electrons. The number of carboxylic acids is 1. The van der Waals surface area contributed by atoms with Crippen LogP contribution >= 0.6 is 0 Å². The van der Waals surface area contributed by atoms with E-state index >= 15 is 0 Å². The van der Waals surface area contributed by atoms with Crippen LogP contribution in [0, 0.1) is 0 Å². The summed E-state index contributed by atoms with van der Waals surface area (Å²) in [5, 5.41) is 11.4. The minimum atomic E-state index is -1.05. The number of amides is 1. The van der Waals surface area contributed by atoms with Gasteiger partial charge in [0.2, 0.25) is 5.91 Å². The van der Waals surface area contributed by atoms with Crippen molar-refractivity contribution in [3.05, 3.63) is 23.8 Å². The van der Waals surface area contributed by atoms with E-state index in [1.165, 1.54) is 14.2 Å². The van der Waals surface area contributed by atoms with E-state index in [0.717, 1.165) is 0 Å². The zero-order valence-electron chi connectivity index (χ0n) is 11.8. The van der Waals surface area contributed by atoms with Gasteiger partial charge in [-0.1, -0.05) is 13.0 Å². The predicted octanol–water partition coefficient (Wildman–Crippen LogP) is 1.23. The van der Waals surface area contributed by atoms with Crippen molar-refractivity contribution in [3.8, 4) is 11.5 Å². The highest BCUT2D eigenvalue weighted by atomic mass is 16.5. The maximum Gasteiger partial charge on any atom is 0.326 e. The quantitative estimate of drug-likeness (QED) is 0.785. The Balaban J connectivity index is 2.87. The average Bonchev–Trinajstić information content (AvgIpc) is 2.44. The smallest absolute Gasteiger partial charge is 0.326 e. The van der Waals surface area contributed by atoms with Crippen LogP contribution in [0.2, 0.25) is 0 Å². The fourth-order valence-electron chi connectivity index (χ4n) is 1.85. The Morgan fingerprint density at radius 3 is 2.20 bits per heavy atom. The van der Waals surface area contributed by atoms with Gasteiger partial charge in [-0.15, -0.1) is 0 Å². The average molecular weight is 281 g/mol. The van der Waals surface area contributed by atoms with Crippen molar-refractivity contribution in [2.45, 2.75) is 25.8 Å². The largest absolute Gasteiger partial charge is 0.496 e. The predicted molar refractivity (Wildman–Crippen MR) is 73.1 cm³/mol. The number of benzene rings is 1. The Kier molecular flexibility index (Phi) is 5.83. The summed E-state index contributed by atoms with van der Waals surface area (Å²) in [5.74, 6) is -0.374. The van der Waals surface area contributed by atoms with E-state index < -0.39 is 12.0 Å². The standard InChI is InChI=1S/C14H19NO5/c1-4-10(14(17)18)15-13(16)8-9-11(19-2)6-5-7-12(9)20-3/h5-7,10H,4,8H2,1-3H3,(H,15,16)(H,17,18).